The molecule has 1 rings (SSSR count). The van der Waals surface area contributed by atoms with Gasteiger partial charge in [0.25, 0.3) is 0 Å². The predicted molar refractivity (Wildman–Crippen MR) is 226 cm³/mol. The molecule has 1 aliphatic rings. The number of amides is 2. The van der Waals surface area contributed by atoms with E-state index in [9.17, 15) is 136 Å². The summed E-state index contributed by atoms with van der Waals surface area (Å²) in [5.41, 5.74) is 0. The van der Waals surface area contributed by atoms with E-state index in [-0.39, 0.29) is 158 Å². The minimum atomic E-state index is -9.29. The third kappa shape index (κ3) is 21.4. The zero-order valence-corrected chi connectivity index (χ0v) is 45.3. The summed E-state index contributed by atoms with van der Waals surface area (Å²) in [5, 5.41) is 41.3. The van der Waals surface area contributed by atoms with Crippen LogP contribution in [0.25, 0.3) is 0 Å². The Balaban J connectivity index is 0.0000672. The summed E-state index contributed by atoms with van der Waals surface area (Å²) in [4.78, 5) is 77.5. The van der Waals surface area contributed by atoms with Crippen LogP contribution in [-0.2, 0) is 43.0 Å². The normalized spacial score (nSPS) is 16.7. The molecule has 1 heterocycles. The molecular formula is C42H55F21GdN7O12. The first kappa shape index (κ1) is 79.6. The number of hydrogen-bond donors (Lipinski definition) is 3. The number of nitrogens with zero attached hydrogens (tertiary/aromatic N) is 4. The smallest absolute Gasteiger partial charge is 0.549 e. The molecule has 19 nitrogen and oxygen atoms in total. The number of hydrogen-bond acceptors (Lipinski definition) is 17. The van der Waals surface area contributed by atoms with E-state index in [0.29, 0.717) is 0 Å². The van der Waals surface area contributed by atoms with E-state index in [2.05, 4.69) is 16.0 Å². The quantitative estimate of drug-likeness (QED) is 0.0410. The number of aliphatic carboxylic acids is 3. The van der Waals surface area contributed by atoms with Crippen molar-refractivity contribution in [2.24, 2.45) is 5.92 Å². The number of nitrogens with one attached hydrogen (secondary N) is 3. The molecule has 0 spiro atoms. The number of carboxylic acids is 3. The number of ketones is 1. The van der Waals surface area contributed by atoms with Gasteiger partial charge in [0.2, 0.25) is 11.8 Å². The van der Waals surface area contributed by atoms with E-state index in [1.54, 1.807) is 0 Å². The van der Waals surface area contributed by atoms with E-state index < -0.39 is 140 Å². The van der Waals surface area contributed by atoms with Gasteiger partial charge in [0, 0.05) is 111 Å². The van der Waals surface area contributed by atoms with Crippen molar-refractivity contribution >= 4 is 35.5 Å². The number of carbonyl (C=O) groups excluding carboxylic acids is 6. The summed E-state index contributed by atoms with van der Waals surface area (Å²) in [6.07, 6.45) is -12.8. The van der Waals surface area contributed by atoms with Gasteiger partial charge in [0.15, 0.2) is 0 Å². The van der Waals surface area contributed by atoms with Crippen LogP contribution in [0.2, 0.25) is 0 Å². The average molecular weight is 1410 g/mol. The fourth-order valence-electron chi connectivity index (χ4n) is 6.91. The molecule has 41 heteroatoms. The van der Waals surface area contributed by atoms with Gasteiger partial charge in [0.1, 0.15) is 11.7 Å². The molecule has 1 fully saturated rings. The minimum absolute atomic E-state index is 0. The number of alkyl halides is 21. The number of Topliss-reactive ketones (excluding diaryl/α,β-unsaturated/α-hetero) is 1. The van der Waals surface area contributed by atoms with Crippen LogP contribution in [0.15, 0.2) is 0 Å². The summed E-state index contributed by atoms with van der Waals surface area (Å²) in [6, 6.07) is 0. The van der Waals surface area contributed by atoms with Crippen molar-refractivity contribution in [3.8, 4) is 0 Å². The number of carboxylic acid groups (broad SMARTS) is 3. The van der Waals surface area contributed by atoms with Crippen LogP contribution < -0.4 is 31.3 Å². The van der Waals surface area contributed by atoms with Gasteiger partial charge >= 0.3 is 99.4 Å². The molecule has 0 aliphatic carbocycles. The SMILES string of the molecule is CC(C(=O)NCCOCCOCCOCCNCCC(=O)CC(F)(F)C(F)(F)C(F)(F)C(F)(F)C(F)(F)C(F)(F)C(F)(F)C(F)(F)C(F)(F)C(F)(F)F)C(=O)NCCN1CCN(CC(=O)[O-])CCN(CC(=O)[O-])CCN(CC(=O)[O-])CC1.[Gd+3]. The van der Waals surface area contributed by atoms with Crippen LogP contribution in [0.3, 0.4) is 0 Å². The second-order valence-corrected chi connectivity index (χ2v) is 17.9. The summed E-state index contributed by atoms with van der Waals surface area (Å²) < 4.78 is 301. The number of carbonyl (C=O) groups is 6. The van der Waals surface area contributed by atoms with Gasteiger partial charge in [-0.3, -0.25) is 34.0 Å². The van der Waals surface area contributed by atoms with E-state index in [1.807, 2.05) is 4.90 Å². The molecule has 1 aliphatic heterocycles. The predicted octanol–water partition coefficient (Wildman–Crippen LogP) is -0.405. The minimum Gasteiger partial charge on any atom is -0.549 e. The number of halogens is 21. The van der Waals surface area contributed by atoms with Crippen molar-refractivity contribution in [2.75, 3.05) is 144 Å². The van der Waals surface area contributed by atoms with Gasteiger partial charge in [-0.25, -0.2) is 0 Å². The third-order valence-corrected chi connectivity index (χ3v) is 11.8. The molecule has 485 valence electrons. The number of ether oxygens (including phenoxy) is 3. The fraction of sp³-hybridized carbons (Fsp3) is 0.857. The molecule has 0 aromatic rings. The molecule has 0 aromatic carbocycles. The molecular weight excluding hydrogens is 1350 g/mol. The van der Waals surface area contributed by atoms with E-state index in [0.717, 1.165) is 0 Å². The molecule has 1 unspecified atom stereocenters. The van der Waals surface area contributed by atoms with Crippen molar-refractivity contribution in [3.63, 3.8) is 0 Å². The summed E-state index contributed by atoms with van der Waals surface area (Å²) in [5.74, 6) is -87.4. The standard InChI is InChI=1S/C42H58F21N7O12.Gd/c1-26(31(78)65-4-7-67-8-10-68(23-28(72)73)12-14-70(25-30(76)77)15-13-69(11-9-67)24-29(74)75)32(79)66-6-17-81-19-21-82-20-18-80-16-5-64-3-2-27(71)22-33(43,44)34(45,46)35(47,48)36(49,50)37(51,52)38(53,54)39(55,56)40(57,58)41(59,60)42(61,62)63;/h26,64H,2-25H2,1H3,(H,65,78)(H,66,79)(H,72,73)(H,74,75)(H,76,77);/q;+3/p-3. The summed E-state index contributed by atoms with van der Waals surface area (Å²) >= 11 is 0. The van der Waals surface area contributed by atoms with Gasteiger partial charge in [-0.1, -0.05) is 0 Å². The van der Waals surface area contributed by atoms with E-state index >= 15 is 0 Å². The Kier molecular flexibility index (Phi) is 31.7. The van der Waals surface area contributed by atoms with Gasteiger partial charge in [-0.2, -0.15) is 92.2 Å². The van der Waals surface area contributed by atoms with Gasteiger partial charge in [-0.15, -0.1) is 0 Å². The summed E-state index contributed by atoms with van der Waals surface area (Å²) in [7, 11) is 0. The molecule has 1 saturated heterocycles. The first-order valence-electron chi connectivity index (χ1n) is 23.8. The van der Waals surface area contributed by atoms with Crippen molar-refractivity contribution < 1.29 is 190 Å². The van der Waals surface area contributed by atoms with Crippen LogP contribution in [0, 0.1) is 45.9 Å². The van der Waals surface area contributed by atoms with Crippen molar-refractivity contribution in [3.05, 3.63) is 0 Å². The fourth-order valence-corrected chi connectivity index (χ4v) is 6.91. The van der Waals surface area contributed by atoms with Crippen molar-refractivity contribution in [2.45, 2.75) is 79.2 Å². The largest absolute Gasteiger partial charge is 3.00 e. The Bertz CT molecular complexity index is 2060. The Labute approximate surface area is 489 Å². The van der Waals surface area contributed by atoms with Gasteiger partial charge in [-0.05, 0) is 6.92 Å². The first-order valence-corrected chi connectivity index (χ1v) is 23.8. The van der Waals surface area contributed by atoms with Crippen molar-refractivity contribution in [1.29, 1.82) is 0 Å². The molecule has 1 radical (unpaired) electrons. The van der Waals surface area contributed by atoms with Crippen molar-refractivity contribution in [1.82, 2.24) is 35.6 Å². The topological polar surface area (TPSA) is 248 Å². The second-order valence-electron chi connectivity index (χ2n) is 17.9. The molecule has 2 amide bonds. The third-order valence-electron chi connectivity index (χ3n) is 11.8. The first-order chi connectivity index (χ1) is 37.3. The molecule has 83 heavy (non-hydrogen) atoms. The Hall–Kier alpha value is -3.45. The maximum absolute atomic E-state index is 14.2. The molecule has 0 bridgehead atoms. The Morgan fingerprint density at radius 3 is 1.07 bits per heavy atom. The average Bonchev–Trinajstić information content (AvgIpc) is 0.960. The van der Waals surface area contributed by atoms with Gasteiger partial charge in [0.05, 0.1) is 64.0 Å². The Morgan fingerprint density at radius 2 is 0.723 bits per heavy atom. The van der Waals surface area contributed by atoms with Crippen LogP contribution in [0.4, 0.5) is 92.2 Å². The van der Waals surface area contributed by atoms with E-state index in [4.69, 9.17) is 14.2 Å². The Morgan fingerprint density at radius 1 is 0.422 bits per heavy atom. The van der Waals surface area contributed by atoms with Crippen LogP contribution in [0.5, 0.6) is 0 Å². The maximum atomic E-state index is 14.2. The van der Waals surface area contributed by atoms with Crippen LogP contribution >= 0.6 is 0 Å². The second kappa shape index (κ2) is 33.1. The maximum Gasteiger partial charge on any atom is 3.00 e. The molecule has 1 atom stereocenters. The van der Waals surface area contributed by atoms with Crippen LogP contribution in [0.1, 0.15) is 19.8 Å². The molecule has 0 saturated carbocycles. The zero-order chi connectivity index (χ0) is 63.6. The monoisotopic (exact) mass is 1410 g/mol. The summed E-state index contributed by atoms with van der Waals surface area (Å²) in [6.45, 7) is -0.565. The molecule has 0 aromatic heterocycles. The number of rotatable bonds is 36. The van der Waals surface area contributed by atoms with E-state index in [1.165, 1.54) is 21.6 Å². The molecule has 3 N–H and O–H groups in total. The van der Waals surface area contributed by atoms with Gasteiger partial charge < -0.3 is 59.9 Å². The van der Waals surface area contributed by atoms with Crippen LogP contribution in [-0.4, -0.2) is 259 Å². The zero-order valence-electron chi connectivity index (χ0n) is 43.0.